The summed E-state index contributed by atoms with van der Waals surface area (Å²) in [6.07, 6.45) is -0.720. The molecule has 5 heterocycles. The van der Waals surface area contributed by atoms with E-state index >= 15 is 9.59 Å². The molecule has 22 nitrogen and oxygen atoms in total. The lowest BCUT2D eigenvalue weighted by atomic mass is 9.99. The topological polar surface area (TPSA) is 241 Å². The van der Waals surface area contributed by atoms with E-state index < -0.39 is 96.1 Å². The maximum atomic E-state index is 15.2. The second-order valence-electron chi connectivity index (χ2n) is 26.4. The molecular formula is C68H96N8O14. The molecule has 90 heavy (non-hydrogen) atoms. The lowest BCUT2D eigenvalue weighted by Crippen LogP contribution is -2.55. The third-order valence-corrected chi connectivity index (χ3v) is 17.2. The van der Waals surface area contributed by atoms with E-state index in [9.17, 15) is 28.8 Å². The van der Waals surface area contributed by atoms with Gasteiger partial charge in [-0.1, -0.05) is 104 Å². The van der Waals surface area contributed by atoms with Crippen molar-refractivity contribution in [2.45, 2.75) is 194 Å². The maximum absolute atomic E-state index is 15.2. The standard InChI is InChI=1S/C68H96N8O14/c1-41(2)31-55-65(81)87-45(9)61(77)71(11)58(34-44(7)8)68(84)90-60(36-48-17-21-50(22-18-48)38-76-54(24-28-70-76)52-26-30-86-40-52)64(80)74(14)56(32-42(3)4)66(82)88-46(10)62(78)72(12)57(33-43(5)6)67(83)89-59(63(79)73(55)13)35-47-15-19-49(20-16-47)37-75-53(23-27-69-75)51-25-29-85-39-51/h15-24,27-28,41-46,51-52,55-60H,25-26,29-40H2,1-14H3/t45-,46-,51?,52?,55+,56?,57+,58+,59-,60-/m1/s1. The molecule has 0 spiro atoms. The Hall–Kier alpha value is -7.46. The van der Waals surface area contributed by atoms with Crippen molar-refractivity contribution in [1.29, 1.82) is 0 Å². The van der Waals surface area contributed by atoms with Crippen LogP contribution in [0.4, 0.5) is 0 Å². The van der Waals surface area contributed by atoms with Crippen LogP contribution in [0.5, 0.6) is 0 Å². The first-order chi connectivity index (χ1) is 42.7. The van der Waals surface area contributed by atoms with Gasteiger partial charge in [0.2, 0.25) is 0 Å². The minimum absolute atomic E-state index is 0.0772. The molecular weight excluding hydrogens is 1150 g/mol. The van der Waals surface area contributed by atoms with Gasteiger partial charge in [-0.3, -0.25) is 28.5 Å². The zero-order chi connectivity index (χ0) is 65.7. The van der Waals surface area contributed by atoms with Crippen LogP contribution in [0, 0.1) is 23.7 Å². The number of hydrogen-bond donors (Lipinski definition) is 0. The fourth-order valence-electron chi connectivity index (χ4n) is 12.0. The Labute approximate surface area is 530 Å². The summed E-state index contributed by atoms with van der Waals surface area (Å²) in [6, 6.07) is 13.7. The number of benzene rings is 2. The molecule has 3 saturated heterocycles. The Morgan fingerprint density at radius 1 is 0.411 bits per heavy atom. The van der Waals surface area contributed by atoms with E-state index in [0.717, 1.165) is 45.2 Å². The number of ether oxygens (including phenoxy) is 6. The molecule has 7 rings (SSSR count). The number of likely N-dealkylation sites (N-methyl/N-ethyl adjacent to an activating group) is 4. The van der Waals surface area contributed by atoms with Gasteiger partial charge in [-0.2, -0.15) is 10.2 Å². The normalized spacial score (nSPS) is 25.4. The molecule has 492 valence electrons. The number of carbonyl (C=O) groups excluding carboxylic acids is 8. The molecule has 2 aromatic heterocycles. The Bertz CT molecular complexity index is 2850. The van der Waals surface area contributed by atoms with Crippen molar-refractivity contribution in [2.75, 3.05) is 54.6 Å². The molecule has 4 amide bonds. The van der Waals surface area contributed by atoms with E-state index in [-0.39, 0.29) is 74.0 Å². The monoisotopic (exact) mass is 1250 g/mol. The van der Waals surface area contributed by atoms with E-state index in [0.29, 0.717) is 50.6 Å². The fourth-order valence-corrected chi connectivity index (χ4v) is 12.0. The summed E-state index contributed by atoms with van der Waals surface area (Å²) in [5.74, 6) is -7.01. The Kier molecular flexibility index (Phi) is 24.9. The zero-order valence-corrected chi connectivity index (χ0v) is 55.2. The molecule has 22 heteroatoms. The van der Waals surface area contributed by atoms with Crippen molar-refractivity contribution >= 4 is 47.5 Å². The van der Waals surface area contributed by atoms with Crippen molar-refractivity contribution in [2.24, 2.45) is 23.7 Å². The molecule has 10 atom stereocenters. The summed E-state index contributed by atoms with van der Waals surface area (Å²) in [5, 5.41) is 9.14. The van der Waals surface area contributed by atoms with Crippen LogP contribution in [0.1, 0.15) is 153 Å². The quantitative estimate of drug-likeness (QED) is 0.0709. The predicted octanol–water partition coefficient (Wildman–Crippen LogP) is 7.16. The van der Waals surface area contributed by atoms with Crippen LogP contribution in [0.3, 0.4) is 0 Å². The van der Waals surface area contributed by atoms with Crippen LogP contribution in [0.2, 0.25) is 0 Å². The van der Waals surface area contributed by atoms with Gasteiger partial charge in [-0.05, 0) is 110 Å². The highest BCUT2D eigenvalue weighted by Crippen LogP contribution is 2.29. The number of nitrogens with zero attached hydrogens (tertiary/aromatic N) is 8. The van der Waals surface area contributed by atoms with E-state index in [1.165, 1.54) is 51.8 Å². The second kappa shape index (κ2) is 32.0. The third-order valence-electron chi connectivity index (χ3n) is 17.2. The summed E-state index contributed by atoms with van der Waals surface area (Å²) in [7, 11) is 5.61. The molecule has 0 aliphatic carbocycles. The minimum atomic E-state index is -1.55. The number of esters is 4. The smallest absolute Gasteiger partial charge is 0.329 e. The van der Waals surface area contributed by atoms with E-state index in [1.54, 1.807) is 12.4 Å². The van der Waals surface area contributed by atoms with E-state index in [2.05, 4.69) is 10.2 Å². The fraction of sp³-hybridized carbons (Fsp3) is 0.618. The molecule has 4 aromatic rings. The molecule has 0 saturated carbocycles. The number of hydrogen-bond acceptors (Lipinski definition) is 16. The molecule has 3 aliphatic heterocycles. The van der Waals surface area contributed by atoms with Crippen molar-refractivity contribution in [3.8, 4) is 0 Å². The largest absolute Gasteiger partial charge is 0.451 e. The first-order valence-electron chi connectivity index (χ1n) is 31.9. The number of carbonyl (C=O) groups is 8. The number of amides is 4. The van der Waals surface area contributed by atoms with Gasteiger partial charge in [0.05, 0.1) is 26.3 Å². The van der Waals surface area contributed by atoms with Crippen LogP contribution >= 0.6 is 0 Å². The zero-order valence-electron chi connectivity index (χ0n) is 55.2. The summed E-state index contributed by atoms with van der Waals surface area (Å²) in [5.41, 5.74) is 5.22. The van der Waals surface area contributed by atoms with Crippen LogP contribution < -0.4 is 0 Å². The van der Waals surface area contributed by atoms with Crippen LogP contribution in [0.15, 0.2) is 73.1 Å². The summed E-state index contributed by atoms with van der Waals surface area (Å²) in [4.78, 5) is 123. The van der Waals surface area contributed by atoms with Gasteiger partial charge >= 0.3 is 23.9 Å². The third kappa shape index (κ3) is 18.4. The first kappa shape index (κ1) is 70.0. The highest BCUT2D eigenvalue weighted by Gasteiger charge is 2.43. The summed E-state index contributed by atoms with van der Waals surface area (Å²) >= 11 is 0. The number of aromatic nitrogens is 4. The molecule has 3 aliphatic rings. The van der Waals surface area contributed by atoms with Gasteiger partial charge in [-0.15, -0.1) is 0 Å². The highest BCUT2D eigenvalue weighted by atomic mass is 16.6. The molecule has 0 radical (unpaired) electrons. The van der Waals surface area contributed by atoms with Gasteiger partial charge in [0, 0.05) is 89.9 Å². The molecule has 3 unspecified atom stereocenters. The van der Waals surface area contributed by atoms with Gasteiger partial charge < -0.3 is 48.0 Å². The van der Waals surface area contributed by atoms with Gasteiger partial charge in [0.25, 0.3) is 23.6 Å². The van der Waals surface area contributed by atoms with Gasteiger partial charge in [-0.25, -0.2) is 19.2 Å². The molecule has 2 aromatic carbocycles. The van der Waals surface area contributed by atoms with Gasteiger partial charge in [0.1, 0.15) is 24.2 Å². The van der Waals surface area contributed by atoms with Crippen LogP contribution in [-0.2, 0) is 92.7 Å². The number of cyclic esters (lactones) is 4. The van der Waals surface area contributed by atoms with Crippen LogP contribution in [-0.4, -0.2) is 190 Å². The second-order valence-corrected chi connectivity index (χ2v) is 26.4. The minimum Gasteiger partial charge on any atom is -0.451 e. The predicted molar refractivity (Wildman–Crippen MR) is 334 cm³/mol. The molecule has 3 fully saturated rings. The lowest BCUT2D eigenvalue weighted by Gasteiger charge is -2.35. The Morgan fingerprint density at radius 2 is 0.700 bits per heavy atom. The van der Waals surface area contributed by atoms with Crippen molar-refractivity contribution < 1.29 is 66.8 Å². The Balaban J connectivity index is 1.23. The highest BCUT2D eigenvalue weighted by molar-refractivity contribution is 5.94. The number of rotatable bonds is 18. The van der Waals surface area contributed by atoms with Crippen molar-refractivity contribution in [3.05, 3.63) is 107 Å². The molecule has 0 bridgehead atoms. The Morgan fingerprint density at radius 3 is 0.989 bits per heavy atom. The summed E-state index contributed by atoms with van der Waals surface area (Å²) in [6.45, 7) is 21.2. The average Bonchev–Trinajstić information content (AvgIpc) is 1.75. The first-order valence-corrected chi connectivity index (χ1v) is 31.9. The SMILES string of the molecule is CC(C)CC1C(=O)O[C@H](C)C(=O)N(C)[C@@H](CC(C)C)C(=O)O[C@H](Cc2ccc(Cn3nccc3C3CCOC3)cc2)C(=O)N(C)[C@@H](CC(C)C)C(=O)O[C@H](C)C(=O)N(C)[C@@H](CC(C)C)C(=O)O[C@H](Cc2ccc(Cn3nccc3C3CCOC3)cc2)C(=O)N1C. The average molecular weight is 1250 g/mol. The lowest BCUT2D eigenvalue weighted by molar-refractivity contribution is -0.176. The summed E-state index contributed by atoms with van der Waals surface area (Å²) < 4.78 is 39.6. The van der Waals surface area contributed by atoms with E-state index in [4.69, 9.17) is 28.4 Å². The van der Waals surface area contributed by atoms with E-state index in [1.807, 2.05) is 125 Å². The van der Waals surface area contributed by atoms with Crippen molar-refractivity contribution in [1.82, 2.24) is 39.2 Å². The van der Waals surface area contributed by atoms with Crippen LogP contribution in [0.25, 0.3) is 0 Å². The molecule has 0 N–H and O–H groups in total. The van der Waals surface area contributed by atoms with Gasteiger partial charge in [0.15, 0.2) is 24.4 Å². The maximum Gasteiger partial charge on any atom is 0.329 e. The van der Waals surface area contributed by atoms with Crippen molar-refractivity contribution in [3.63, 3.8) is 0 Å².